The molecule has 2 heterocycles. The molecule has 0 unspecified atom stereocenters. The fourth-order valence-corrected chi connectivity index (χ4v) is 4.89. The van der Waals surface area contributed by atoms with E-state index in [4.69, 9.17) is 23.2 Å². The lowest BCUT2D eigenvalue weighted by molar-refractivity contribution is 0.955. The highest BCUT2D eigenvalue weighted by atomic mass is 35.5. The van der Waals surface area contributed by atoms with E-state index in [9.17, 15) is 9.59 Å². The predicted molar refractivity (Wildman–Crippen MR) is 141 cm³/mol. The molecule has 0 spiro atoms. The molecular weight excluding hydrogens is 483 g/mol. The van der Waals surface area contributed by atoms with E-state index < -0.39 is 5.92 Å². The van der Waals surface area contributed by atoms with Gasteiger partial charge in [-0.3, -0.25) is 30.0 Å². The van der Waals surface area contributed by atoms with E-state index in [1.54, 1.807) is 18.2 Å². The minimum atomic E-state index is -0.780. The highest BCUT2D eigenvalue weighted by molar-refractivity contribution is 6.35. The molecule has 5 rings (SSSR count). The number of aromatic amines is 4. The van der Waals surface area contributed by atoms with Gasteiger partial charge in [0.1, 0.15) is 0 Å². The van der Waals surface area contributed by atoms with Crippen molar-refractivity contribution in [2.24, 2.45) is 0 Å². The van der Waals surface area contributed by atoms with E-state index in [0.29, 0.717) is 38.1 Å². The molecule has 0 saturated heterocycles. The Balaban J connectivity index is 1.82. The van der Waals surface area contributed by atoms with Crippen LogP contribution in [0.4, 0.5) is 0 Å². The number of H-pyrrole nitrogens is 4. The fourth-order valence-electron chi connectivity index (χ4n) is 4.37. The van der Waals surface area contributed by atoms with Crippen LogP contribution in [0.1, 0.15) is 33.7 Å². The molecule has 0 atom stereocenters. The Morgan fingerprint density at radius 2 is 1.09 bits per heavy atom. The predicted octanol–water partition coefficient (Wildman–Crippen LogP) is 6.16. The summed E-state index contributed by atoms with van der Waals surface area (Å²) in [5, 5.41) is 12.2. The Labute approximate surface area is 210 Å². The molecule has 0 bridgehead atoms. The SMILES string of the molecule is Cc1ccc(-c2[nH][nH]c(=O)c2C(c2ccc(Cl)cc2Cl)c2c(-c3ccc(C)cc3)[nH][nH]c2=O)cc1. The second-order valence-corrected chi connectivity index (χ2v) is 9.41. The largest absolute Gasteiger partial charge is 0.297 e. The van der Waals surface area contributed by atoms with Gasteiger partial charge in [0.25, 0.3) is 11.1 Å². The molecule has 0 aliphatic carbocycles. The van der Waals surface area contributed by atoms with Gasteiger partial charge in [0.05, 0.1) is 28.4 Å². The van der Waals surface area contributed by atoms with Crippen molar-refractivity contribution in [1.82, 2.24) is 20.4 Å². The van der Waals surface area contributed by atoms with E-state index in [0.717, 1.165) is 22.3 Å². The van der Waals surface area contributed by atoms with E-state index in [-0.39, 0.29) is 11.1 Å². The summed E-state index contributed by atoms with van der Waals surface area (Å²) in [5.74, 6) is -0.780. The number of aryl methyl sites for hydroxylation is 2. The molecule has 0 aliphatic heterocycles. The summed E-state index contributed by atoms with van der Waals surface area (Å²) in [6, 6.07) is 20.7. The maximum atomic E-state index is 13.3. The van der Waals surface area contributed by atoms with Gasteiger partial charge < -0.3 is 0 Å². The number of rotatable bonds is 5. The van der Waals surface area contributed by atoms with Crippen molar-refractivity contribution in [3.05, 3.63) is 125 Å². The van der Waals surface area contributed by atoms with Crippen molar-refractivity contribution in [3.8, 4) is 22.5 Å². The molecule has 0 fully saturated rings. The highest BCUT2D eigenvalue weighted by Crippen LogP contribution is 2.40. The maximum absolute atomic E-state index is 13.3. The van der Waals surface area contributed by atoms with Crippen molar-refractivity contribution in [1.29, 1.82) is 0 Å². The lowest BCUT2D eigenvalue weighted by Gasteiger charge is -2.19. The topological polar surface area (TPSA) is 97.3 Å². The van der Waals surface area contributed by atoms with Gasteiger partial charge in [-0.25, -0.2) is 0 Å². The zero-order chi connectivity index (χ0) is 24.7. The smallest absolute Gasteiger partial charge is 0.268 e. The Morgan fingerprint density at radius 3 is 1.51 bits per heavy atom. The molecule has 0 saturated carbocycles. The third-order valence-electron chi connectivity index (χ3n) is 6.16. The summed E-state index contributed by atoms with van der Waals surface area (Å²) in [4.78, 5) is 26.6. The molecule has 0 radical (unpaired) electrons. The second kappa shape index (κ2) is 9.13. The molecule has 6 nitrogen and oxygen atoms in total. The monoisotopic (exact) mass is 504 g/mol. The van der Waals surface area contributed by atoms with Crippen molar-refractivity contribution in [2.45, 2.75) is 19.8 Å². The van der Waals surface area contributed by atoms with E-state index in [1.807, 2.05) is 62.4 Å². The van der Waals surface area contributed by atoms with Gasteiger partial charge in [-0.2, -0.15) is 0 Å². The van der Waals surface area contributed by atoms with Crippen LogP contribution in [-0.2, 0) is 0 Å². The third kappa shape index (κ3) is 4.27. The first-order valence-corrected chi connectivity index (χ1v) is 11.8. The van der Waals surface area contributed by atoms with Gasteiger partial charge in [0.15, 0.2) is 0 Å². The molecule has 35 heavy (non-hydrogen) atoms. The standard InChI is InChI=1S/C27H22Cl2N4O2/c1-14-3-7-16(8-4-14)24-22(26(34)32-30-24)21(19-12-11-18(28)13-20(19)29)23-25(31-33-27(23)35)17-9-5-15(2)6-10-17/h3-13,21H,1-2H3,(H2,30,32,34)(H2,31,33,35). The van der Waals surface area contributed by atoms with Gasteiger partial charge in [-0.05, 0) is 42.7 Å². The number of benzene rings is 3. The lowest BCUT2D eigenvalue weighted by Crippen LogP contribution is -2.20. The van der Waals surface area contributed by atoms with Crippen molar-refractivity contribution < 1.29 is 0 Å². The van der Waals surface area contributed by atoms with Crippen LogP contribution in [0.2, 0.25) is 10.0 Å². The Hall–Kier alpha value is -3.74. The zero-order valence-electron chi connectivity index (χ0n) is 19.0. The summed E-state index contributed by atoms with van der Waals surface area (Å²) < 4.78 is 0. The lowest BCUT2D eigenvalue weighted by atomic mass is 9.83. The Morgan fingerprint density at radius 1 is 0.629 bits per heavy atom. The fraction of sp³-hybridized carbons (Fsp3) is 0.111. The van der Waals surface area contributed by atoms with Crippen molar-refractivity contribution in [3.63, 3.8) is 0 Å². The third-order valence-corrected chi connectivity index (χ3v) is 6.72. The maximum Gasteiger partial charge on any atom is 0.268 e. The van der Waals surface area contributed by atoms with Crippen LogP contribution in [0, 0.1) is 13.8 Å². The quantitative estimate of drug-likeness (QED) is 0.230. The average molecular weight is 505 g/mol. The molecule has 2 aromatic heterocycles. The second-order valence-electron chi connectivity index (χ2n) is 8.57. The number of halogens is 2. The van der Waals surface area contributed by atoms with E-state index in [1.165, 1.54) is 0 Å². The Kier molecular flexibility index (Phi) is 6.01. The number of hydrogen-bond donors (Lipinski definition) is 4. The summed E-state index contributed by atoms with van der Waals surface area (Å²) in [7, 11) is 0. The van der Waals surface area contributed by atoms with Gasteiger partial charge >= 0.3 is 0 Å². The van der Waals surface area contributed by atoms with Crippen LogP contribution in [0.25, 0.3) is 22.5 Å². The first-order valence-electron chi connectivity index (χ1n) is 11.0. The minimum absolute atomic E-state index is 0.341. The molecular formula is C27H22Cl2N4O2. The van der Waals surface area contributed by atoms with Crippen LogP contribution >= 0.6 is 23.2 Å². The molecule has 5 aromatic rings. The first-order chi connectivity index (χ1) is 16.8. The molecule has 176 valence electrons. The van der Waals surface area contributed by atoms with Gasteiger partial charge in [-0.15, -0.1) is 0 Å². The summed E-state index contributed by atoms with van der Waals surface area (Å²) >= 11 is 12.9. The average Bonchev–Trinajstić information content (AvgIpc) is 3.40. The van der Waals surface area contributed by atoms with Crippen LogP contribution in [0.15, 0.2) is 76.3 Å². The van der Waals surface area contributed by atoms with E-state index in [2.05, 4.69) is 20.4 Å². The van der Waals surface area contributed by atoms with Gasteiger partial charge in [0.2, 0.25) is 0 Å². The summed E-state index contributed by atoms with van der Waals surface area (Å²) in [6.07, 6.45) is 0. The molecule has 0 amide bonds. The number of nitrogens with one attached hydrogen (secondary N) is 4. The highest BCUT2D eigenvalue weighted by Gasteiger charge is 2.32. The van der Waals surface area contributed by atoms with Gasteiger partial charge in [-0.1, -0.05) is 88.9 Å². The van der Waals surface area contributed by atoms with Crippen LogP contribution in [-0.4, -0.2) is 20.4 Å². The van der Waals surface area contributed by atoms with Crippen LogP contribution in [0.5, 0.6) is 0 Å². The van der Waals surface area contributed by atoms with E-state index >= 15 is 0 Å². The van der Waals surface area contributed by atoms with Crippen LogP contribution in [0.3, 0.4) is 0 Å². The van der Waals surface area contributed by atoms with Crippen molar-refractivity contribution in [2.75, 3.05) is 0 Å². The Bertz CT molecular complexity index is 1530. The number of hydrogen-bond acceptors (Lipinski definition) is 2. The molecule has 8 heteroatoms. The zero-order valence-corrected chi connectivity index (χ0v) is 20.5. The van der Waals surface area contributed by atoms with Gasteiger partial charge in [0, 0.05) is 10.0 Å². The number of aromatic nitrogens is 4. The van der Waals surface area contributed by atoms with Crippen molar-refractivity contribution >= 4 is 23.2 Å². The first kappa shape index (κ1) is 23.0. The summed E-state index contributed by atoms with van der Waals surface area (Å²) in [6.45, 7) is 3.99. The summed E-state index contributed by atoms with van der Waals surface area (Å²) in [5.41, 5.74) is 5.65. The molecule has 0 aliphatic rings. The van der Waals surface area contributed by atoms with Crippen LogP contribution < -0.4 is 11.1 Å². The minimum Gasteiger partial charge on any atom is -0.297 e. The molecule has 4 N–H and O–H groups in total. The molecule has 3 aromatic carbocycles. The normalized spacial score (nSPS) is 11.3.